The number of carboxylic acids is 1. The Bertz CT molecular complexity index is 629. The maximum Gasteiger partial charge on any atom is 0.306 e. The number of carboxylic acid groups (broad SMARTS) is 1. The van der Waals surface area contributed by atoms with Crippen molar-refractivity contribution in [2.75, 3.05) is 0 Å². The first-order chi connectivity index (χ1) is 21.6. The van der Waals surface area contributed by atoms with Crippen LogP contribution in [0, 0.1) is 0 Å². The molecule has 44 heavy (non-hydrogen) atoms. The summed E-state index contributed by atoms with van der Waals surface area (Å²) in [6.07, 6.45) is 43.7. The zero-order chi connectivity index (χ0) is 32.2. The molecule has 0 aromatic heterocycles. The molecule has 4 heteroatoms. The van der Waals surface area contributed by atoms with Crippen molar-refractivity contribution in [3.05, 3.63) is 12.2 Å². The van der Waals surface area contributed by atoms with Crippen molar-refractivity contribution in [3.63, 3.8) is 0 Å². The van der Waals surface area contributed by atoms with Gasteiger partial charge in [0, 0.05) is 12.8 Å². The van der Waals surface area contributed by atoms with Crippen molar-refractivity contribution in [1.82, 2.24) is 0 Å². The van der Waals surface area contributed by atoms with E-state index in [1.807, 2.05) is 0 Å². The van der Waals surface area contributed by atoms with Crippen molar-refractivity contribution in [2.24, 2.45) is 0 Å². The van der Waals surface area contributed by atoms with Gasteiger partial charge in [-0.05, 0) is 51.4 Å². The number of carbonyl (C=O) groups excluding carboxylic acids is 1. The molecule has 1 atom stereocenters. The van der Waals surface area contributed by atoms with Gasteiger partial charge in [0.05, 0.1) is 0 Å². The van der Waals surface area contributed by atoms with E-state index in [9.17, 15) is 9.59 Å². The summed E-state index contributed by atoms with van der Waals surface area (Å²) in [5.41, 5.74) is 0. The van der Waals surface area contributed by atoms with E-state index in [1.54, 1.807) is 0 Å². The van der Waals surface area contributed by atoms with Gasteiger partial charge in [0.25, 0.3) is 0 Å². The van der Waals surface area contributed by atoms with Gasteiger partial charge < -0.3 is 9.84 Å². The number of allylic oxidation sites excluding steroid dienone is 2. The lowest BCUT2D eigenvalue weighted by atomic mass is 10.0. The normalized spacial score (nSPS) is 12.2. The Morgan fingerprint density at radius 1 is 0.477 bits per heavy atom. The lowest BCUT2D eigenvalue weighted by Gasteiger charge is -2.17. The van der Waals surface area contributed by atoms with Crippen LogP contribution in [0.5, 0.6) is 0 Å². The number of hydrogen-bond donors (Lipinski definition) is 1. The van der Waals surface area contributed by atoms with E-state index in [0.717, 1.165) is 32.1 Å². The lowest BCUT2D eigenvalue weighted by molar-refractivity contribution is -0.151. The molecule has 0 aromatic carbocycles. The first-order valence-corrected chi connectivity index (χ1v) is 19.7. The number of aliphatic carboxylic acids is 1. The van der Waals surface area contributed by atoms with Crippen LogP contribution in [0.15, 0.2) is 12.2 Å². The number of rotatable bonds is 36. The third-order valence-corrected chi connectivity index (χ3v) is 9.00. The minimum atomic E-state index is -0.809. The largest absolute Gasteiger partial charge is 0.481 e. The van der Waals surface area contributed by atoms with Crippen molar-refractivity contribution in [1.29, 1.82) is 0 Å². The lowest BCUT2D eigenvalue weighted by Crippen LogP contribution is -2.19. The molecule has 260 valence electrons. The Balaban J connectivity index is 3.68. The monoisotopic (exact) mass is 621 g/mol. The number of ether oxygens (including phenoxy) is 1. The second-order valence-electron chi connectivity index (χ2n) is 13.5. The van der Waals surface area contributed by atoms with Gasteiger partial charge in [-0.1, -0.05) is 174 Å². The number of carbonyl (C=O) groups is 2. The molecule has 0 aliphatic rings. The summed E-state index contributed by atoms with van der Waals surface area (Å²) in [5, 5.41) is 9.10. The Morgan fingerprint density at radius 2 is 0.841 bits per heavy atom. The van der Waals surface area contributed by atoms with Crippen LogP contribution < -0.4 is 0 Å². The highest BCUT2D eigenvalue weighted by atomic mass is 16.5. The van der Waals surface area contributed by atoms with E-state index in [2.05, 4.69) is 26.0 Å². The van der Waals surface area contributed by atoms with Crippen molar-refractivity contribution in [2.45, 2.75) is 232 Å². The van der Waals surface area contributed by atoms with Crippen LogP contribution in [0.3, 0.4) is 0 Å². The van der Waals surface area contributed by atoms with Gasteiger partial charge in [-0.2, -0.15) is 0 Å². The molecule has 0 saturated heterocycles. The highest BCUT2D eigenvalue weighted by Crippen LogP contribution is 2.18. The highest BCUT2D eigenvalue weighted by molar-refractivity contribution is 5.69. The van der Waals surface area contributed by atoms with Gasteiger partial charge in [0.15, 0.2) is 0 Å². The van der Waals surface area contributed by atoms with Crippen molar-refractivity contribution < 1.29 is 19.4 Å². The molecule has 0 aliphatic heterocycles. The molecule has 4 nitrogen and oxygen atoms in total. The average Bonchev–Trinajstić information content (AvgIpc) is 3.01. The smallest absolute Gasteiger partial charge is 0.306 e. The van der Waals surface area contributed by atoms with Crippen LogP contribution in [-0.2, 0) is 14.3 Å². The van der Waals surface area contributed by atoms with E-state index < -0.39 is 5.97 Å². The quantitative estimate of drug-likeness (QED) is 0.0430. The first kappa shape index (κ1) is 42.7. The minimum Gasteiger partial charge on any atom is -0.481 e. The Labute approximate surface area is 275 Å². The molecule has 0 aliphatic carbocycles. The van der Waals surface area contributed by atoms with Crippen molar-refractivity contribution in [3.8, 4) is 0 Å². The summed E-state index contributed by atoms with van der Waals surface area (Å²) in [6.45, 7) is 4.54. The fourth-order valence-corrected chi connectivity index (χ4v) is 6.05. The number of esters is 1. The maximum absolute atomic E-state index is 12.4. The fraction of sp³-hybridized carbons (Fsp3) is 0.900. The Hall–Kier alpha value is -1.32. The second-order valence-corrected chi connectivity index (χ2v) is 13.5. The van der Waals surface area contributed by atoms with Gasteiger partial charge in [-0.25, -0.2) is 0 Å². The zero-order valence-corrected chi connectivity index (χ0v) is 29.7. The predicted octanol–water partition coefficient (Wildman–Crippen LogP) is 13.5. The summed E-state index contributed by atoms with van der Waals surface area (Å²) in [7, 11) is 0. The summed E-state index contributed by atoms with van der Waals surface area (Å²) >= 11 is 0. The van der Waals surface area contributed by atoms with Crippen molar-refractivity contribution >= 4 is 11.9 Å². The SMILES string of the molecule is CCCCCCCC/C=C\CCCCCCCCCCCC(=O)OC(CCCCCCCCCCCCCC)CCC(=O)O. The molecule has 0 heterocycles. The highest BCUT2D eigenvalue weighted by Gasteiger charge is 2.16. The average molecular weight is 621 g/mol. The number of unbranched alkanes of at least 4 members (excludes halogenated alkanes) is 26. The van der Waals surface area contributed by atoms with Gasteiger partial charge in [0.1, 0.15) is 6.10 Å². The van der Waals surface area contributed by atoms with Crippen LogP contribution in [0.25, 0.3) is 0 Å². The van der Waals surface area contributed by atoms with E-state index in [-0.39, 0.29) is 18.5 Å². The van der Waals surface area contributed by atoms with E-state index >= 15 is 0 Å². The maximum atomic E-state index is 12.4. The topological polar surface area (TPSA) is 63.6 Å². The molecular formula is C40H76O4. The summed E-state index contributed by atoms with van der Waals surface area (Å²) < 4.78 is 5.73. The molecule has 0 radical (unpaired) electrons. The summed E-state index contributed by atoms with van der Waals surface area (Å²) in [5.74, 6) is -0.947. The molecule has 0 fully saturated rings. The van der Waals surface area contributed by atoms with Crippen LogP contribution in [0.1, 0.15) is 226 Å². The summed E-state index contributed by atoms with van der Waals surface area (Å²) in [4.78, 5) is 23.5. The predicted molar refractivity (Wildman–Crippen MR) is 190 cm³/mol. The zero-order valence-electron chi connectivity index (χ0n) is 29.7. The fourth-order valence-electron chi connectivity index (χ4n) is 6.05. The molecule has 0 amide bonds. The summed E-state index contributed by atoms with van der Waals surface area (Å²) in [6, 6.07) is 0. The molecule has 0 spiro atoms. The second kappa shape index (κ2) is 36.2. The van der Waals surface area contributed by atoms with Crippen LogP contribution in [0.2, 0.25) is 0 Å². The standard InChI is InChI=1S/C40H76O4/c1-3-5-7-9-11-13-15-17-18-19-20-21-22-23-25-27-29-31-33-35-40(43)44-38(36-37-39(41)42)34-32-30-28-26-24-16-14-12-10-8-6-4-2/h17-18,38H,3-16,19-37H2,1-2H3,(H,41,42)/b18-17-. The molecule has 0 bridgehead atoms. The Kier molecular flexibility index (Phi) is 35.1. The molecular weight excluding hydrogens is 544 g/mol. The molecule has 1 N–H and O–H groups in total. The van der Waals surface area contributed by atoms with Crippen LogP contribution in [0.4, 0.5) is 0 Å². The molecule has 0 saturated carbocycles. The molecule has 0 rings (SSSR count). The van der Waals surface area contributed by atoms with Gasteiger partial charge in [0.2, 0.25) is 0 Å². The molecule has 0 aromatic rings. The third-order valence-electron chi connectivity index (χ3n) is 9.00. The van der Waals surface area contributed by atoms with Gasteiger partial charge >= 0.3 is 11.9 Å². The third kappa shape index (κ3) is 35.2. The Morgan fingerprint density at radius 3 is 1.25 bits per heavy atom. The van der Waals surface area contributed by atoms with E-state index in [4.69, 9.17) is 9.84 Å². The van der Waals surface area contributed by atoms with Crippen LogP contribution in [-0.4, -0.2) is 23.1 Å². The van der Waals surface area contributed by atoms with E-state index in [1.165, 1.54) is 161 Å². The first-order valence-electron chi connectivity index (χ1n) is 19.7. The minimum absolute atomic E-state index is 0.0756. The van der Waals surface area contributed by atoms with Crippen LogP contribution >= 0.6 is 0 Å². The number of hydrogen-bond acceptors (Lipinski definition) is 3. The van der Waals surface area contributed by atoms with Gasteiger partial charge in [-0.3, -0.25) is 9.59 Å². The van der Waals surface area contributed by atoms with E-state index in [0.29, 0.717) is 12.8 Å². The van der Waals surface area contributed by atoms with Gasteiger partial charge in [-0.15, -0.1) is 0 Å². The molecule has 1 unspecified atom stereocenters.